The van der Waals surface area contributed by atoms with Crippen LogP contribution in [-0.4, -0.2) is 29.0 Å². The zero-order chi connectivity index (χ0) is 20.4. The van der Waals surface area contributed by atoms with E-state index in [-0.39, 0.29) is 11.4 Å². The van der Waals surface area contributed by atoms with E-state index in [1.54, 1.807) is 25.1 Å². The van der Waals surface area contributed by atoms with Crippen LogP contribution >= 0.6 is 0 Å². The maximum absolute atomic E-state index is 12.8. The van der Waals surface area contributed by atoms with E-state index in [9.17, 15) is 24.5 Å². The zero-order valence-electron chi connectivity index (χ0n) is 15.1. The van der Waals surface area contributed by atoms with Crippen molar-refractivity contribution in [1.29, 1.82) is 0 Å². The second-order valence-electron chi connectivity index (χ2n) is 6.29. The number of anilines is 1. The molecule has 0 radical (unpaired) electrons. The Morgan fingerprint density at radius 3 is 2.57 bits per heavy atom. The van der Waals surface area contributed by atoms with Crippen molar-refractivity contribution in [1.82, 2.24) is 5.32 Å². The molecular formula is C19H16N4O5. The lowest BCUT2D eigenvalue weighted by atomic mass is 10.1. The SMILES string of the molecule is Cc1cccc(N2C(=O)NC(=O)[C@@H](C=Nc3cc([N+](=O)[O-])ccc3C)C2=O)c1. The molecule has 0 bridgehead atoms. The van der Waals surface area contributed by atoms with E-state index in [4.69, 9.17) is 0 Å². The molecule has 0 aliphatic carbocycles. The second-order valence-corrected chi connectivity index (χ2v) is 6.29. The Hall–Kier alpha value is -3.88. The fourth-order valence-corrected chi connectivity index (χ4v) is 2.74. The van der Waals surface area contributed by atoms with Gasteiger partial charge in [-0.05, 0) is 37.1 Å². The van der Waals surface area contributed by atoms with Crippen LogP contribution in [-0.2, 0) is 9.59 Å². The van der Waals surface area contributed by atoms with Gasteiger partial charge >= 0.3 is 6.03 Å². The molecule has 1 atom stereocenters. The van der Waals surface area contributed by atoms with Crippen molar-refractivity contribution in [3.63, 3.8) is 0 Å². The van der Waals surface area contributed by atoms with E-state index >= 15 is 0 Å². The average molecular weight is 380 g/mol. The normalized spacial score (nSPS) is 17.1. The lowest BCUT2D eigenvalue weighted by molar-refractivity contribution is -0.384. The third-order valence-electron chi connectivity index (χ3n) is 4.23. The third kappa shape index (κ3) is 3.63. The van der Waals surface area contributed by atoms with Crippen LogP contribution in [0, 0.1) is 29.9 Å². The van der Waals surface area contributed by atoms with Gasteiger partial charge in [-0.15, -0.1) is 0 Å². The molecule has 0 aromatic heterocycles. The van der Waals surface area contributed by atoms with E-state index < -0.39 is 28.7 Å². The summed E-state index contributed by atoms with van der Waals surface area (Å²) < 4.78 is 0. The summed E-state index contributed by atoms with van der Waals surface area (Å²) in [6.07, 6.45) is 1.10. The lowest BCUT2D eigenvalue weighted by Crippen LogP contribution is -2.58. The van der Waals surface area contributed by atoms with Crippen molar-refractivity contribution in [2.45, 2.75) is 13.8 Å². The third-order valence-corrected chi connectivity index (χ3v) is 4.23. The van der Waals surface area contributed by atoms with Crippen molar-refractivity contribution in [3.05, 3.63) is 63.7 Å². The molecule has 9 heteroatoms. The average Bonchev–Trinajstić information content (AvgIpc) is 2.62. The highest BCUT2D eigenvalue weighted by atomic mass is 16.6. The Bertz CT molecular complexity index is 1030. The van der Waals surface area contributed by atoms with Crippen molar-refractivity contribution in [2.24, 2.45) is 10.9 Å². The van der Waals surface area contributed by atoms with E-state index in [0.717, 1.165) is 16.7 Å². The van der Waals surface area contributed by atoms with Gasteiger partial charge in [0, 0.05) is 18.3 Å². The summed E-state index contributed by atoms with van der Waals surface area (Å²) in [7, 11) is 0. The number of urea groups is 1. The van der Waals surface area contributed by atoms with Crippen LogP contribution in [0.15, 0.2) is 47.5 Å². The highest BCUT2D eigenvalue weighted by Gasteiger charge is 2.40. The zero-order valence-corrected chi connectivity index (χ0v) is 15.1. The molecule has 9 nitrogen and oxygen atoms in total. The molecule has 28 heavy (non-hydrogen) atoms. The van der Waals surface area contributed by atoms with Gasteiger partial charge in [-0.1, -0.05) is 18.2 Å². The molecule has 1 aliphatic rings. The molecule has 4 amide bonds. The van der Waals surface area contributed by atoms with Crippen LogP contribution < -0.4 is 10.2 Å². The van der Waals surface area contributed by atoms with Crippen LogP contribution in [0.25, 0.3) is 0 Å². The van der Waals surface area contributed by atoms with Gasteiger partial charge in [-0.3, -0.25) is 30.0 Å². The molecule has 142 valence electrons. The largest absolute Gasteiger partial charge is 0.335 e. The summed E-state index contributed by atoms with van der Waals surface area (Å²) >= 11 is 0. The monoisotopic (exact) mass is 380 g/mol. The van der Waals surface area contributed by atoms with Gasteiger partial charge in [-0.2, -0.15) is 0 Å². The molecule has 3 rings (SSSR count). The summed E-state index contributed by atoms with van der Waals surface area (Å²) in [6, 6.07) is 10.0. The molecule has 2 aromatic rings. The molecule has 1 fully saturated rings. The minimum absolute atomic E-state index is 0.159. The smallest absolute Gasteiger partial charge is 0.276 e. The minimum atomic E-state index is -1.34. The Balaban J connectivity index is 1.93. The van der Waals surface area contributed by atoms with Crippen molar-refractivity contribution >= 4 is 41.1 Å². The van der Waals surface area contributed by atoms with Gasteiger partial charge in [0.1, 0.15) is 0 Å². The molecule has 1 N–H and O–H groups in total. The maximum Gasteiger partial charge on any atom is 0.335 e. The van der Waals surface area contributed by atoms with Crippen molar-refractivity contribution in [2.75, 3.05) is 4.90 Å². The van der Waals surface area contributed by atoms with Crippen LogP contribution in [0.5, 0.6) is 0 Å². The molecule has 0 spiro atoms. The molecular weight excluding hydrogens is 364 g/mol. The highest BCUT2D eigenvalue weighted by Crippen LogP contribution is 2.26. The van der Waals surface area contributed by atoms with E-state index in [0.29, 0.717) is 11.3 Å². The predicted molar refractivity (Wildman–Crippen MR) is 102 cm³/mol. The quantitative estimate of drug-likeness (QED) is 0.378. The molecule has 1 heterocycles. The first kappa shape index (κ1) is 18.9. The van der Waals surface area contributed by atoms with E-state index in [1.165, 1.54) is 18.2 Å². The van der Waals surface area contributed by atoms with E-state index in [1.807, 2.05) is 13.0 Å². The number of hydrogen-bond acceptors (Lipinski definition) is 6. The summed E-state index contributed by atoms with van der Waals surface area (Å²) in [5.74, 6) is -2.88. The van der Waals surface area contributed by atoms with Crippen LogP contribution in [0.2, 0.25) is 0 Å². The molecule has 1 saturated heterocycles. The number of imide groups is 2. The van der Waals surface area contributed by atoms with Crippen molar-refractivity contribution in [3.8, 4) is 0 Å². The van der Waals surface area contributed by atoms with Gasteiger partial charge in [0.2, 0.25) is 5.91 Å². The molecule has 0 unspecified atom stereocenters. The number of nitrogens with zero attached hydrogens (tertiary/aromatic N) is 3. The number of nitro benzene ring substituents is 1. The summed E-state index contributed by atoms with van der Waals surface area (Å²) in [4.78, 5) is 52.5. The van der Waals surface area contributed by atoms with Gasteiger partial charge in [0.15, 0.2) is 5.92 Å². The first-order valence-corrected chi connectivity index (χ1v) is 8.32. The highest BCUT2D eigenvalue weighted by molar-refractivity contribution is 6.32. The topological polar surface area (TPSA) is 122 Å². The van der Waals surface area contributed by atoms with Gasteiger partial charge in [-0.25, -0.2) is 9.69 Å². The Labute approximate surface area is 159 Å². The number of nitrogens with one attached hydrogen (secondary N) is 1. The van der Waals surface area contributed by atoms with Crippen LogP contribution in [0.3, 0.4) is 0 Å². The minimum Gasteiger partial charge on any atom is -0.276 e. The number of carbonyl (C=O) groups excluding carboxylic acids is 3. The number of benzene rings is 2. The maximum atomic E-state index is 12.8. The second kappa shape index (κ2) is 7.39. The van der Waals surface area contributed by atoms with Gasteiger partial charge < -0.3 is 0 Å². The standard InChI is InChI=1S/C19H16N4O5/c1-11-4-3-5-13(8-11)22-18(25)15(17(24)21-19(22)26)10-20-16-9-14(23(27)28)7-6-12(16)2/h3-10,15H,1-2H3,(H,21,24,26)/t15-/m1/s1. The number of hydrogen-bond donors (Lipinski definition) is 1. The number of barbiturate groups is 1. The summed E-state index contributed by atoms with van der Waals surface area (Å²) in [5.41, 5.74) is 1.91. The Morgan fingerprint density at radius 1 is 1.14 bits per heavy atom. The number of non-ortho nitro benzene ring substituents is 1. The molecule has 2 aromatic carbocycles. The number of nitro groups is 1. The fourth-order valence-electron chi connectivity index (χ4n) is 2.74. The number of amides is 4. The molecule has 1 aliphatic heterocycles. The van der Waals surface area contributed by atoms with Gasteiger partial charge in [0.05, 0.1) is 16.3 Å². The summed E-state index contributed by atoms with van der Waals surface area (Å²) in [5, 5.41) is 13.1. The van der Waals surface area contributed by atoms with E-state index in [2.05, 4.69) is 10.3 Å². The van der Waals surface area contributed by atoms with Crippen LogP contribution in [0.4, 0.5) is 21.9 Å². The number of aryl methyl sites for hydroxylation is 2. The number of aliphatic imine (C=N–C) groups is 1. The predicted octanol–water partition coefficient (Wildman–Crippen LogP) is 2.81. The fraction of sp³-hybridized carbons (Fsp3) is 0.158. The van der Waals surface area contributed by atoms with Crippen molar-refractivity contribution < 1.29 is 19.3 Å². The van der Waals surface area contributed by atoms with Crippen LogP contribution in [0.1, 0.15) is 11.1 Å². The lowest BCUT2D eigenvalue weighted by Gasteiger charge is -2.28. The first-order chi connectivity index (χ1) is 13.3. The first-order valence-electron chi connectivity index (χ1n) is 8.32. The Morgan fingerprint density at radius 2 is 1.89 bits per heavy atom. The Kier molecular flexibility index (Phi) is 4.99. The number of rotatable bonds is 4. The molecule has 0 saturated carbocycles. The summed E-state index contributed by atoms with van der Waals surface area (Å²) in [6.45, 7) is 3.51. The number of carbonyl (C=O) groups is 3. The van der Waals surface area contributed by atoms with Gasteiger partial charge in [0.25, 0.3) is 11.6 Å².